The Labute approximate surface area is 137 Å². The van der Waals surface area contributed by atoms with Crippen LogP contribution in [-0.4, -0.2) is 53.6 Å². The molecule has 2 aromatic heterocycles. The van der Waals surface area contributed by atoms with Crippen molar-refractivity contribution >= 4 is 17.1 Å². The second kappa shape index (κ2) is 6.97. The van der Waals surface area contributed by atoms with Crippen LogP contribution in [0, 0.1) is 0 Å². The predicted octanol–water partition coefficient (Wildman–Crippen LogP) is -2.32. The Morgan fingerprint density at radius 3 is 2.58 bits per heavy atom. The van der Waals surface area contributed by atoms with Gasteiger partial charge in [-0.1, -0.05) is 0 Å². The number of imidazole rings is 1. The molecule has 0 aliphatic heterocycles. The minimum absolute atomic E-state index is 0.0267. The summed E-state index contributed by atoms with van der Waals surface area (Å²) in [6.45, 7) is 1.49. The smallest absolute Gasteiger partial charge is 0.332 e. The molecule has 10 heteroatoms. The van der Waals surface area contributed by atoms with Crippen LogP contribution < -0.4 is 16.6 Å². The zero-order chi connectivity index (χ0) is 18.0. The molecular weight excluding hydrogens is 318 g/mol. The molecule has 1 amide bonds. The molecule has 0 fully saturated rings. The summed E-state index contributed by atoms with van der Waals surface area (Å²) in [4.78, 5) is 39.6. The Morgan fingerprint density at radius 2 is 1.96 bits per heavy atom. The first-order valence-corrected chi connectivity index (χ1v) is 7.46. The molecule has 2 aromatic rings. The van der Waals surface area contributed by atoms with E-state index >= 15 is 0 Å². The van der Waals surface area contributed by atoms with Crippen LogP contribution in [0.4, 0.5) is 0 Å². The molecule has 2 rings (SSSR count). The predicted molar refractivity (Wildman–Crippen MR) is 85.5 cm³/mol. The van der Waals surface area contributed by atoms with Gasteiger partial charge in [-0.05, 0) is 6.92 Å². The van der Waals surface area contributed by atoms with Gasteiger partial charge in [0.1, 0.15) is 0 Å². The summed E-state index contributed by atoms with van der Waals surface area (Å²) < 4.78 is 3.67. The van der Waals surface area contributed by atoms with Crippen molar-refractivity contribution in [1.82, 2.24) is 24.0 Å². The average molecular weight is 339 g/mol. The third kappa shape index (κ3) is 3.54. The molecule has 0 radical (unpaired) electrons. The molecule has 2 heterocycles. The number of aryl methyl sites for hydroxylation is 1. The Bertz CT molecular complexity index is 863. The van der Waals surface area contributed by atoms with Crippen LogP contribution in [0.15, 0.2) is 15.9 Å². The van der Waals surface area contributed by atoms with Gasteiger partial charge in [-0.25, -0.2) is 9.78 Å². The number of rotatable bonds is 6. The van der Waals surface area contributed by atoms with E-state index in [2.05, 4.69) is 10.3 Å². The molecule has 0 bridgehead atoms. The first-order valence-electron chi connectivity index (χ1n) is 7.46. The number of amides is 1. The number of nitrogens with one attached hydrogen (secondary N) is 1. The second-order valence-electron chi connectivity index (χ2n) is 5.79. The quantitative estimate of drug-likeness (QED) is 0.541. The van der Waals surface area contributed by atoms with Crippen molar-refractivity contribution in [3.8, 4) is 0 Å². The van der Waals surface area contributed by atoms with Crippen LogP contribution in [0.5, 0.6) is 0 Å². The molecular formula is C14H21N5O5. The van der Waals surface area contributed by atoms with E-state index in [1.807, 2.05) is 0 Å². The van der Waals surface area contributed by atoms with Crippen LogP contribution in [0.25, 0.3) is 11.2 Å². The van der Waals surface area contributed by atoms with Crippen LogP contribution in [0.2, 0.25) is 0 Å². The van der Waals surface area contributed by atoms with Crippen molar-refractivity contribution in [2.75, 3.05) is 6.54 Å². The monoisotopic (exact) mass is 339 g/mol. The average Bonchev–Trinajstić information content (AvgIpc) is 2.92. The molecule has 0 aliphatic carbocycles. The van der Waals surface area contributed by atoms with Crippen molar-refractivity contribution in [1.29, 1.82) is 0 Å². The number of nitrogens with zero attached hydrogens (tertiary/aromatic N) is 4. The summed E-state index contributed by atoms with van der Waals surface area (Å²) in [7, 11) is 2.88. The van der Waals surface area contributed by atoms with E-state index in [0.717, 1.165) is 4.57 Å². The molecule has 10 nitrogen and oxygen atoms in total. The van der Waals surface area contributed by atoms with Gasteiger partial charge in [0.25, 0.3) is 5.56 Å². The number of aromatic nitrogens is 4. The topological polar surface area (TPSA) is 131 Å². The number of fused-ring (bicyclic) bond motifs is 1. The van der Waals surface area contributed by atoms with Gasteiger partial charge in [-0.15, -0.1) is 0 Å². The van der Waals surface area contributed by atoms with Crippen molar-refractivity contribution < 1.29 is 15.0 Å². The second-order valence-corrected chi connectivity index (χ2v) is 5.79. The van der Waals surface area contributed by atoms with Gasteiger partial charge in [-0.2, -0.15) is 0 Å². The number of carbonyl (C=O) groups is 1. The van der Waals surface area contributed by atoms with Gasteiger partial charge >= 0.3 is 5.69 Å². The summed E-state index contributed by atoms with van der Waals surface area (Å²) in [5.41, 5.74) is -0.554. The highest BCUT2D eigenvalue weighted by molar-refractivity contribution is 5.76. The fourth-order valence-electron chi connectivity index (χ4n) is 2.40. The van der Waals surface area contributed by atoms with E-state index in [4.69, 9.17) is 5.11 Å². The van der Waals surface area contributed by atoms with Crippen molar-refractivity contribution in [2.24, 2.45) is 14.1 Å². The summed E-state index contributed by atoms with van der Waals surface area (Å²) in [6.07, 6.45) is -0.401. The molecule has 0 saturated carbocycles. The summed E-state index contributed by atoms with van der Waals surface area (Å²) in [5, 5.41) is 21.7. The van der Waals surface area contributed by atoms with Gasteiger partial charge < -0.3 is 20.1 Å². The van der Waals surface area contributed by atoms with Crippen LogP contribution >= 0.6 is 0 Å². The zero-order valence-corrected chi connectivity index (χ0v) is 13.8. The number of aliphatic hydroxyl groups is 2. The number of carbonyl (C=O) groups excluding carboxylic acids is 1. The van der Waals surface area contributed by atoms with E-state index in [0.29, 0.717) is 0 Å². The first-order chi connectivity index (χ1) is 11.2. The number of hydrogen-bond acceptors (Lipinski definition) is 6. The van der Waals surface area contributed by atoms with Gasteiger partial charge in [0.05, 0.1) is 31.5 Å². The molecule has 3 N–H and O–H groups in total. The maximum Gasteiger partial charge on any atom is 0.332 e. The Balaban J connectivity index is 2.18. The van der Waals surface area contributed by atoms with Crippen LogP contribution in [0.1, 0.15) is 13.3 Å². The first kappa shape index (κ1) is 17.9. The number of aliphatic hydroxyl groups excluding tert-OH is 2. The van der Waals surface area contributed by atoms with Crippen LogP contribution in [0.3, 0.4) is 0 Å². The van der Waals surface area contributed by atoms with Gasteiger partial charge in [0.15, 0.2) is 11.2 Å². The third-order valence-electron chi connectivity index (χ3n) is 3.64. The minimum atomic E-state index is -0.956. The standard InChI is InChI=1S/C14H21N5O5/c1-8(20)4-10(22)15-5-9(21)6-19-7-16-12-11(19)13(23)18(3)14(24)17(12)2/h7-9,20-21H,4-6H2,1-3H3,(H,15,22). The lowest BCUT2D eigenvalue weighted by Crippen LogP contribution is -2.38. The summed E-state index contributed by atoms with van der Waals surface area (Å²) in [6, 6.07) is 0. The molecule has 24 heavy (non-hydrogen) atoms. The molecule has 2 atom stereocenters. The molecule has 2 unspecified atom stereocenters. The molecule has 0 saturated heterocycles. The molecule has 0 spiro atoms. The molecule has 132 valence electrons. The van der Waals surface area contributed by atoms with Crippen molar-refractivity contribution in [3.05, 3.63) is 27.2 Å². The van der Waals surface area contributed by atoms with Gasteiger partial charge in [0.2, 0.25) is 5.91 Å². The van der Waals surface area contributed by atoms with E-state index in [9.17, 15) is 19.5 Å². The minimum Gasteiger partial charge on any atom is -0.393 e. The highest BCUT2D eigenvalue weighted by Crippen LogP contribution is 2.06. The summed E-state index contributed by atoms with van der Waals surface area (Å²) in [5.74, 6) is -0.377. The molecule has 0 aliphatic rings. The highest BCUT2D eigenvalue weighted by Gasteiger charge is 2.16. The Kier molecular flexibility index (Phi) is 5.20. The normalized spacial score (nSPS) is 13.9. The maximum atomic E-state index is 12.3. The third-order valence-corrected chi connectivity index (χ3v) is 3.64. The Hall–Kier alpha value is -2.46. The fourth-order valence-corrected chi connectivity index (χ4v) is 2.40. The van der Waals surface area contributed by atoms with Crippen LogP contribution in [-0.2, 0) is 25.4 Å². The van der Waals surface area contributed by atoms with Gasteiger partial charge in [0, 0.05) is 20.6 Å². The SMILES string of the molecule is CC(O)CC(=O)NCC(O)Cn1cnc2c1c(=O)n(C)c(=O)n2C. The fraction of sp³-hybridized carbons (Fsp3) is 0.571. The Morgan fingerprint density at radius 1 is 1.29 bits per heavy atom. The molecule has 0 aromatic carbocycles. The summed E-state index contributed by atoms with van der Waals surface area (Å²) >= 11 is 0. The lowest BCUT2D eigenvalue weighted by molar-refractivity contribution is -0.123. The van der Waals surface area contributed by atoms with Crippen molar-refractivity contribution in [3.63, 3.8) is 0 Å². The largest absolute Gasteiger partial charge is 0.393 e. The van der Waals surface area contributed by atoms with Gasteiger partial charge in [-0.3, -0.25) is 18.7 Å². The lowest BCUT2D eigenvalue weighted by atomic mass is 10.2. The maximum absolute atomic E-state index is 12.3. The van der Waals surface area contributed by atoms with E-state index < -0.39 is 23.5 Å². The number of hydrogen-bond donors (Lipinski definition) is 3. The van der Waals surface area contributed by atoms with E-state index in [1.54, 1.807) is 0 Å². The van der Waals surface area contributed by atoms with E-state index in [1.165, 1.54) is 36.5 Å². The van der Waals surface area contributed by atoms with Crippen molar-refractivity contribution in [2.45, 2.75) is 32.1 Å². The zero-order valence-electron chi connectivity index (χ0n) is 13.8. The highest BCUT2D eigenvalue weighted by atomic mass is 16.3. The van der Waals surface area contributed by atoms with E-state index in [-0.39, 0.29) is 36.6 Å². The lowest BCUT2D eigenvalue weighted by Gasteiger charge is -2.14.